The summed E-state index contributed by atoms with van der Waals surface area (Å²) in [5, 5.41) is 7.25. The van der Waals surface area contributed by atoms with E-state index < -0.39 is 11.7 Å². The number of hydrogen-bond acceptors (Lipinski definition) is 2. The zero-order chi connectivity index (χ0) is 14.8. The predicted molar refractivity (Wildman–Crippen MR) is 79.0 cm³/mol. The van der Waals surface area contributed by atoms with E-state index in [0.717, 1.165) is 34.3 Å². The molecule has 20 heavy (non-hydrogen) atoms. The highest BCUT2D eigenvalue weighted by atomic mass is 79.9. The molecule has 0 aliphatic heterocycles. The van der Waals surface area contributed by atoms with Crippen molar-refractivity contribution in [3.8, 4) is 0 Å². The molecule has 0 bridgehead atoms. The molecule has 108 valence electrons. The van der Waals surface area contributed by atoms with E-state index in [9.17, 15) is 13.2 Å². The highest BCUT2D eigenvalue weighted by molar-refractivity contribution is 9.10. The van der Waals surface area contributed by atoms with E-state index in [1.807, 2.05) is 17.7 Å². The number of halogens is 4. The van der Waals surface area contributed by atoms with Gasteiger partial charge in [0.05, 0.1) is 11.6 Å². The summed E-state index contributed by atoms with van der Waals surface area (Å²) < 4.78 is 38.7. The maximum Gasteiger partial charge on any atom is 0.416 e. The van der Waals surface area contributed by atoms with Crippen molar-refractivity contribution in [2.24, 2.45) is 0 Å². The molecule has 0 spiro atoms. The van der Waals surface area contributed by atoms with Crippen LogP contribution in [0.25, 0.3) is 0 Å². The van der Waals surface area contributed by atoms with Crippen LogP contribution in [-0.4, -0.2) is 6.54 Å². The molecule has 0 radical (unpaired) electrons. The summed E-state index contributed by atoms with van der Waals surface area (Å²) in [6, 6.07) is 5.20. The summed E-state index contributed by atoms with van der Waals surface area (Å²) in [5.74, 6) is 0. The van der Waals surface area contributed by atoms with Crippen LogP contribution in [0, 0.1) is 0 Å². The first kappa shape index (κ1) is 15.5. The number of rotatable bonds is 4. The molecule has 1 N–H and O–H groups in total. The highest BCUT2D eigenvalue weighted by Gasteiger charge is 2.30. The summed E-state index contributed by atoms with van der Waals surface area (Å²) in [4.78, 5) is 0. The Bertz CT molecular complexity index is 563. The van der Waals surface area contributed by atoms with Gasteiger partial charge in [0.15, 0.2) is 0 Å². The third-order valence-corrected chi connectivity index (χ3v) is 4.68. The third-order valence-electron chi connectivity index (χ3n) is 2.93. The molecule has 6 heteroatoms. The Labute approximate surface area is 128 Å². The van der Waals surface area contributed by atoms with Crippen molar-refractivity contribution in [2.75, 3.05) is 6.54 Å². The van der Waals surface area contributed by atoms with Crippen molar-refractivity contribution >= 4 is 27.3 Å². The van der Waals surface area contributed by atoms with E-state index in [2.05, 4.69) is 21.2 Å². The van der Waals surface area contributed by atoms with Gasteiger partial charge in [-0.25, -0.2) is 0 Å². The molecular formula is C14H13BrF3NS. The fourth-order valence-corrected chi connectivity index (χ4v) is 3.53. The molecule has 2 aromatic rings. The van der Waals surface area contributed by atoms with Gasteiger partial charge in [0.2, 0.25) is 0 Å². The van der Waals surface area contributed by atoms with E-state index in [-0.39, 0.29) is 6.04 Å². The molecule has 1 aromatic heterocycles. The molecular weight excluding hydrogens is 351 g/mol. The first-order chi connectivity index (χ1) is 9.43. The largest absolute Gasteiger partial charge is 0.416 e. The second kappa shape index (κ2) is 6.28. The van der Waals surface area contributed by atoms with Crippen LogP contribution in [0.5, 0.6) is 0 Å². The average molecular weight is 364 g/mol. The lowest BCUT2D eigenvalue weighted by molar-refractivity contribution is -0.137. The van der Waals surface area contributed by atoms with Crippen molar-refractivity contribution in [1.82, 2.24) is 5.32 Å². The minimum atomic E-state index is -4.30. The molecule has 1 unspecified atom stereocenters. The molecule has 0 saturated carbocycles. The maximum absolute atomic E-state index is 12.6. The molecule has 0 amide bonds. The van der Waals surface area contributed by atoms with Crippen LogP contribution < -0.4 is 5.32 Å². The van der Waals surface area contributed by atoms with Gasteiger partial charge in [-0.05, 0) is 51.1 Å². The van der Waals surface area contributed by atoms with E-state index in [1.165, 1.54) is 12.1 Å². The molecule has 1 nitrogen and oxygen atoms in total. The molecule has 0 fully saturated rings. The second-order valence-corrected chi connectivity index (χ2v) is 5.88. The number of hydrogen-bond donors (Lipinski definition) is 1. The Balaban J connectivity index is 2.33. The van der Waals surface area contributed by atoms with Crippen molar-refractivity contribution in [3.05, 3.63) is 56.2 Å². The van der Waals surface area contributed by atoms with Crippen molar-refractivity contribution < 1.29 is 13.2 Å². The van der Waals surface area contributed by atoms with Crippen molar-refractivity contribution in [3.63, 3.8) is 0 Å². The Morgan fingerprint density at radius 3 is 2.30 bits per heavy atom. The van der Waals surface area contributed by atoms with Gasteiger partial charge in [-0.2, -0.15) is 24.5 Å². The van der Waals surface area contributed by atoms with Crippen LogP contribution in [0.1, 0.15) is 29.7 Å². The molecule has 0 aliphatic carbocycles. The fraction of sp³-hybridized carbons (Fsp3) is 0.286. The Hall–Kier alpha value is -0.850. The minimum Gasteiger partial charge on any atom is -0.306 e. The average Bonchev–Trinajstić information content (AvgIpc) is 2.81. The van der Waals surface area contributed by atoms with Crippen LogP contribution in [-0.2, 0) is 6.18 Å². The quantitative estimate of drug-likeness (QED) is 0.784. The Morgan fingerprint density at radius 2 is 1.85 bits per heavy atom. The molecule has 1 atom stereocenters. The topological polar surface area (TPSA) is 12.0 Å². The Morgan fingerprint density at radius 1 is 1.20 bits per heavy atom. The van der Waals surface area contributed by atoms with Crippen molar-refractivity contribution in [2.45, 2.75) is 19.1 Å². The maximum atomic E-state index is 12.6. The van der Waals surface area contributed by atoms with Gasteiger partial charge in [0.25, 0.3) is 0 Å². The zero-order valence-corrected chi connectivity index (χ0v) is 13.1. The van der Waals surface area contributed by atoms with Crippen LogP contribution in [0.3, 0.4) is 0 Å². The van der Waals surface area contributed by atoms with Gasteiger partial charge >= 0.3 is 6.18 Å². The standard InChI is InChI=1S/C14H13BrF3NS/c1-2-19-13(11-7-20-8-12(11)15)9-3-5-10(6-4-9)14(16,17)18/h3-8,13,19H,2H2,1H3. The molecule has 0 aliphatic rings. The molecule has 1 heterocycles. The number of benzene rings is 1. The summed E-state index contributed by atoms with van der Waals surface area (Å²) in [5.41, 5.74) is 1.23. The first-order valence-corrected chi connectivity index (χ1v) is 7.79. The van der Waals surface area contributed by atoms with Gasteiger partial charge < -0.3 is 5.32 Å². The highest BCUT2D eigenvalue weighted by Crippen LogP contribution is 2.34. The predicted octanol–water partition coefficient (Wildman–Crippen LogP) is 5.23. The SMILES string of the molecule is CCNC(c1ccc(C(F)(F)F)cc1)c1cscc1Br. The first-order valence-electron chi connectivity index (χ1n) is 6.05. The van der Waals surface area contributed by atoms with Gasteiger partial charge in [-0.15, -0.1) is 0 Å². The van der Waals surface area contributed by atoms with E-state index in [4.69, 9.17) is 0 Å². The minimum absolute atomic E-state index is 0.108. The zero-order valence-electron chi connectivity index (χ0n) is 10.7. The third kappa shape index (κ3) is 3.42. The normalized spacial score (nSPS) is 13.4. The van der Waals surface area contributed by atoms with Crippen molar-refractivity contribution in [1.29, 1.82) is 0 Å². The van der Waals surface area contributed by atoms with Gasteiger partial charge in [0.1, 0.15) is 0 Å². The van der Waals surface area contributed by atoms with E-state index >= 15 is 0 Å². The lowest BCUT2D eigenvalue weighted by Crippen LogP contribution is -2.22. The number of nitrogens with one attached hydrogen (secondary N) is 1. The smallest absolute Gasteiger partial charge is 0.306 e. The summed E-state index contributed by atoms with van der Waals surface area (Å²) >= 11 is 5.03. The molecule has 0 saturated heterocycles. The second-order valence-electron chi connectivity index (χ2n) is 4.29. The van der Waals surface area contributed by atoms with E-state index in [1.54, 1.807) is 11.3 Å². The van der Waals surface area contributed by atoms with Gasteiger partial charge in [0, 0.05) is 9.85 Å². The summed E-state index contributed by atoms with van der Waals surface area (Å²) in [6.45, 7) is 2.70. The van der Waals surface area contributed by atoms with Crippen LogP contribution in [0.2, 0.25) is 0 Å². The van der Waals surface area contributed by atoms with Crippen LogP contribution in [0.4, 0.5) is 13.2 Å². The Kier molecular flexibility index (Phi) is 4.88. The van der Waals surface area contributed by atoms with E-state index in [0.29, 0.717) is 0 Å². The monoisotopic (exact) mass is 363 g/mol. The lowest BCUT2D eigenvalue weighted by Gasteiger charge is -2.19. The van der Waals surface area contributed by atoms with Gasteiger partial charge in [-0.1, -0.05) is 19.1 Å². The molecule has 2 rings (SSSR count). The number of thiophene rings is 1. The van der Waals surface area contributed by atoms with Crippen LogP contribution in [0.15, 0.2) is 39.5 Å². The molecule has 1 aromatic carbocycles. The number of alkyl halides is 3. The summed E-state index contributed by atoms with van der Waals surface area (Å²) in [7, 11) is 0. The van der Waals surface area contributed by atoms with Crippen LogP contribution >= 0.6 is 27.3 Å². The van der Waals surface area contributed by atoms with Gasteiger partial charge in [-0.3, -0.25) is 0 Å². The summed E-state index contributed by atoms with van der Waals surface area (Å²) in [6.07, 6.45) is -4.30. The lowest BCUT2D eigenvalue weighted by atomic mass is 10.00. The fourth-order valence-electron chi connectivity index (χ4n) is 1.97.